The van der Waals surface area contributed by atoms with Gasteiger partial charge in [0.15, 0.2) is 0 Å². The fourth-order valence-corrected chi connectivity index (χ4v) is 3.79. The van der Waals surface area contributed by atoms with Gasteiger partial charge in [-0.15, -0.1) is 0 Å². The van der Waals surface area contributed by atoms with E-state index in [1.807, 2.05) is 37.3 Å². The minimum Gasteiger partial charge on any atom is -0.507 e. The quantitative estimate of drug-likeness (QED) is 0.338. The van der Waals surface area contributed by atoms with E-state index in [4.69, 9.17) is 9.15 Å². The number of nitrogens with one attached hydrogen (secondary N) is 2. The van der Waals surface area contributed by atoms with Crippen molar-refractivity contribution in [2.24, 2.45) is 0 Å². The van der Waals surface area contributed by atoms with Gasteiger partial charge in [0, 0.05) is 17.3 Å². The number of fused-ring (bicyclic) bond motifs is 1. The Balaban J connectivity index is 1.44. The second-order valence-corrected chi connectivity index (χ2v) is 7.80. The monoisotopic (exact) mass is 454 g/mol. The van der Waals surface area contributed by atoms with Gasteiger partial charge in [0.25, 0.3) is 5.91 Å². The Morgan fingerprint density at radius 1 is 1.12 bits per heavy atom. The first-order chi connectivity index (χ1) is 16.5. The summed E-state index contributed by atoms with van der Waals surface area (Å²) in [6, 6.07) is 17.9. The molecule has 0 spiro atoms. The summed E-state index contributed by atoms with van der Waals surface area (Å²) in [5.41, 5.74) is 4.00. The summed E-state index contributed by atoms with van der Waals surface area (Å²) in [6.45, 7) is 2.16. The Morgan fingerprint density at radius 2 is 2.00 bits per heavy atom. The molecule has 8 nitrogen and oxygen atoms in total. The van der Waals surface area contributed by atoms with Crippen LogP contribution in [0.1, 0.15) is 21.9 Å². The zero-order chi connectivity index (χ0) is 23.7. The lowest BCUT2D eigenvalue weighted by Gasteiger charge is -2.09. The van der Waals surface area contributed by atoms with Crippen LogP contribution in [0.25, 0.3) is 33.5 Å². The van der Waals surface area contributed by atoms with E-state index in [1.165, 1.54) is 0 Å². The lowest BCUT2D eigenvalue weighted by Crippen LogP contribution is -2.22. The predicted molar refractivity (Wildman–Crippen MR) is 128 cm³/mol. The van der Waals surface area contributed by atoms with E-state index in [0.29, 0.717) is 46.2 Å². The molecule has 0 aliphatic heterocycles. The number of phenolic OH excluding ortho intramolecular Hbond substituents is 1. The number of amides is 1. The molecule has 34 heavy (non-hydrogen) atoms. The molecule has 3 N–H and O–H groups in total. The standard InChI is InChI=1S/C26H22N4O4/c1-15-5-8-18(34-15)14-28-25(32)17-6-9-21-22(13-17)30-24(29-21)20-12-16(7-10-23(20)31)19-4-3-11-27-26(19)33-2/h3-13,31H,14H2,1-2H3,(H,28,32)(H,29,30). The number of aromatic nitrogens is 3. The first-order valence-corrected chi connectivity index (χ1v) is 10.7. The molecule has 0 radical (unpaired) electrons. The summed E-state index contributed by atoms with van der Waals surface area (Å²) in [5, 5.41) is 13.4. The summed E-state index contributed by atoms with van der Waals surface area (Å²) in [6.07, 6.45) is 1.66. The number of carbonyl (C=O) groups excluding carboxylic acids is 1. The molecule has 5 rings (SSSR count). The van der Waals surface area contributed by atoms with Gasteiger partial charge in [-0.1, -0.05) is 6.07 Å². The molecule has 5 aromatic rings. The number of aromatic amines is 1. The predicted octanol–water partition coefficient (Wildman–Crippen LogP) is 4.84. The largest absolute Gasteiger partial charge is 0.507 e. The number of methoxy groups -OCH3 is 1. The molecular weight excluding hydrogens is 432 g/mol. The number of hydrogen-bond donors (Lipinski definition) is 3. The molecule has 0 unspecified atom stereocenters. The number of phenols is 1. The van der Waals surface area contributed by atoms with Gasteiger partial charge in [-0.2, -0.15) is 0 Å². The Kier molecular flexibility index (Phi) is 5.47. The van der Waals surface area contributed by atoms with Crippen LogP contribution in [0.5, 0.6) is 11.6 Å². The Labute approximate surface area is 195 Å². The molecule has 0 atom stereocenters. The SMILES string of the molecule is COc1ncccc1-c1ccc(O)c(-c2nc3ccc(C(=O)NCc4ccc(C)o4)cc3[nH]2)c1. The highest BCUT2D eigenvalue weighted by atomic mass is 16.5. The number of benzene rings is 2. The van der Waals surface area contributed by atoms with Gasteiger partial charge < -0.3 is 24.6 Å². The first kappa shape index (κ1) is 21.3. The van der Waals surface area contributed by atoms with Crippen molar-refractivity contribution in [2.45, 2.75) is 13.5 Å². The van der Waals surface area contributed by atoms with Gasteiger partial charge in [0.2, 0.25) is 5.88 Å². The number of nitrogens with zero attached hydrogens (tertiary/aromatic N) is 2. The number of imidazole rings is 1. The van der Waals surface area contributed by atoms with Crippen LogP contribution in [-0.4, -0.2) is 33.1 Å². The van der Waals surface area contributed by atoms with Crippen molar-refractivity contribution in [2.75, 3.05) is 7.11 Å². The maximum absolute atomic E-state index is 12.6. The van der Waals surface area contributed by atoms with Gasteiger partial charge in [-0.05, 0) is 67.1 Å². The molecule has 8 heteroatoms. The van der Waals surface area contributed by atoms with E-state index < -0.39 is 0 Å². The van der Waals surface area contributed by atoms with Crippen molar-refractivity contribution in [3.05, 3.63) is 83.9 Å². The molecule has 0 saturated carbocycles. The molecule has 3 heterocycles. The highest BCUT2D eigenvalue weighted by Gasteiger charge is 2.15. The maximum atomic E-state index is 12.6. The number of aryl methyl sites for hydroxylation is 1. The summed E-state index contributed by atoms with van der Waals surface area (Å²) in [7, 11) is 1.57. The van der Waals surface area contributed by atoms with Crippen LogP contribution in [0.2, 0.25) is 0 Å². The molecule has 0 saturated heterocycles. The second-order valence-electron chi connectivity index (χ2n) is 7.80. The Hall–Kier alpha value is -4.59. The van der Waals surface area contributed by atoms with Crippen LogP contribution in [0.15, 0.2) is 71.3 Å². The fraction of sp³-hybridized carbons (Fsp3) is 0.115. The third-order valence-electron chi connectivity index (χ3n) is 5.49. The van der Waals surface area contributed by atoms with Gasteiger partial charge in [-0.25, -0.2) is 9.97 Å². The minimum absolute atomic E-state index is 0.0809. The van der Waals surface area contributed by atoms with Gasteiger partial charge in [0.05, 0.1) is 30.3 Å². The van der Waals surface area contributed by atoms with Crippen LogP contribution >= 0.6 is 0 Å². The van der Waals surface area contributed by atoms with E-state index in [9.17, 15) is 9.90 Å². The van der Waals surface area contributed by atoms with Crippen LogP contribution in [0.3, 0.4) is 0 Å². The number of hydrogen-bond acceptors (Lipinski definition) is 6. The lowest BCUT2D eigenvalue weighted by atomic mass is 10.0. The van der Waals surface area contributed by atoms with Gasteiger partial charge >= 0.3 is 0 Å². The number of furan rings is 1. The first-order valence-electron chi connectivity index (χ1n) is 10.7. The molecule has 2 aromatic carbocycles. The van der Waals surface area contributed by atoms with E-state index in [1.54, 1.807) is 43.6 Å². The summed E-state index contributed by atoms with van der Waals surface area (Å²) < 4.78 is 10.9. The number of ether oxygens (including phenoxy) is 1. The third kappa shape index (κ3) is 4.09. The van der Waals surface area contributed by atoms with Crippen molar-refractivity contribution in [1.82, 2.24) is 20.3 Å². The number of pyridine rings is 1. The van der Waals surface area contributed by atoms with Crippen molar-refractivity contribution in [3.63, 3.8) is 0 Å². The zero-order valence-electron chi connectivity index (χ0n) is 18.6. The number of H-pyrrole nitrogens is 1. The zero-order valence-corrected chi connectivity index (χ0v) is 18.6. The fourth-order valence-electron chi connectivity index (χ4n) is 3.79. The molecule has 0 bridgehead atoms. The van der Waals surface area contributed by atoms with Crippen molar-refractivity contribution in [3.8, 4) is 34.1 Å². The van der Waals surface area contributed by atoms with Crippen molar-refractivity contribution >= 4 is 16.9 Å². The van der Waals surface area contributed by atoms with Crippen molar-refractivity contribution in [1.29, 1.82) is 0 Å². The Bertz CT molecular complexity index is 1500. The number of rotatable bonds is 6. The van der Waals surface area contributed by atoms with Crippen LogP contribution < -0.4 is 10.1 Å². The minimum atomic E-state index is -0.222. The summed E-state index contributed by atoms with van der Waals surface area (Å²) in [5.74, 6) is 2.32. The Morgan fingerprint density at radius 3 is 2.79 bits per heavy atom. The molecule has 170 valence electrons. The van der Waals surface area contributed by atoms with Crippen LogP contribution in [0.4, 0.5) is 0 Å². The van der Waals surface area contributed by atoms with Crippen LogP contribution in [-0.2, 0) is 6.54 Å². The summed E-state index contributed by atoms with van der Waals surface area (Å²) >= 11 is 0. The van der Waals surface area contributed by atoms with Crippen LogP contribution in [0, 0.1) is 6.92 Å². The maximum Gasteiger partial charge on any atom is 0.251 e. The van der Waals surface area contributed by atoms with E-state index in [0.717, 1.165) is 16.9 Å². The van der Waals surface area contributed by atoms with Gasteiger partial charge in [0.1, 0.15) is 23.1 Å². The molecule has 0 fully saturated rings. The molecule has 1 amide bonds. The average Bonchev–Trinajstić information content (AvgIpc) is 3.48. The molecule has 0 aliphatic rings. The smallest absolute Gasteiger partial charge is 0.251 e. The molecule has 0 aliphatic carbocycles. The van der Waals surface area contributed by atoms with Crippen molar-refractivity contribution < 1.29 is 19.1 Å². The lowest BCUT2D eigenvalue weighted by molar-refractivity contribution is 0.0948. The van der Waals surface area contributed by atoms with E-state index >= 15 is 0 Å². The van der Waals surface area contributed by atoms with E-state index in [-0.39, 0.29) is 11.7 Å². The van der Waals surface area contributed by atoms with E-state index in [2.05, 4.69) is 20.3 Å². The highest BCUT2D eigenvalue weighted by molar-refractivity contribution is 5.97. The average molecular weight is 454 g/mol. The van der Waals surface area contributed by atoms with Gasteiger partial charge in [-0.3, -0.25) is 4.79 Å². The topological polar surface area (TPSA) is 113 Å². The molecular formula is C26H22N4O4. The highest BCUT2D eigenvalue weighted by Crippen LogP contribution is 2.35. The normalized spacial score (nSPS) is 11.0. The third-order valence-corrected chi connectivity index (χ3v) is 5.49. The summed E-state index contributed by atoms with van der Waals surface area (Å²) in [4.78, 5) is 24.7. The molecule has 3 aromatic heterocycles. The number of carbonyl (C=O) groups is 1. The second kappa shape index (κ2) is 8.74. The number of aromatic hydroxyl groups is 1.